The normalized spacial score (nSPS) is 10.2. The second-order valence-corrected chi connectivity index (χ2v) is 3.97. The number of pyridine rings is 1. The average Bonchev–Trinajstić information content (AvgIpc) is 2.77. The van der Waals surface area contributed by atoms with Crippen molar-refractivity contribution in [3.8, 4) is 11.4 Å². The number of hydrogen-bond acceptors (Lipinski definition) is 4. The van der Waals surface area contributed by atoms with Crippen molar-refractivity contribution in [3.05, 3.63) is 34.8 Å². The van der Waals surface area contributed by atoms with Crippen molar-refractivity contribution in [2.24, 2.45) is 0 Å². The van der Waals surface area contributed by atoms with Crippen LogP contribution in [-0.4, -0.2) is 33.0 Å². The molecule has 2 aromatic heterocycles. The number of carbonyl (C=O) groups is 1. The molecule has 7 heteroatoms. The van der Waals surface area contributed by atoms with Crippen LogP contribution in [0.1, 0.15) is 10.4 Å². The molecule has 1 N–H and O–H groups in total. The average molecular weight is 298 g/mol. The topological polar surface area (TPSA) is 77.2 Å². The molecule has 6 nitrogen and oxygen atoms in total. The van der Waals surface area contributed by atoms with Gasteiger partial charge < -0.3 is 9.84 Å². The first-order chi connectivity index (χ1) is 8.11. The SMILES string of the molecule is COc1cnn(-c2cnc(Br)cc2C(=O)O)c1. The minimum absolute atomic E-state index is 0.109. The van der Waals surface area contributed by atoms with E-state index in [2.05, 4.69) is 26.0 Å². The summed E-state index contributed by atoms with van der Waals surface area (Å²) in [4.78, 5) is 15.1. The van der Waals surface area contributed by atoms with Crippen LogP contribution < -0.4 is 4.74 Å². The molecule has 0 radical (unpaired) electrons. The van der Waals surface area contributed by atoms with Gasteiger partial charge in [0, 0.05) is 0 Å². The number of halogens is 1. The van der Waals surface area contributed by atoms with E-state index in [1.807, 2.05) is 0 Å². The molecule has 0 fully saturated rings. The number of aromatic carboxylic acids is 1. The number of ether oxygens (including phenoxy) is 1. The minimum atomic E-state index is -1.04. The zero-order chi connectivity index (χ0) is 12.4. The van der Waals surface area contributed by atoms with Gasteiger partial charge in [-0.2, -0.15) is 5.10 Å². The van der Waals surface area contributed by atoms with Crippen molar-refractivity contribution in [2.45, 2.75) is 0 Å². The Balaban J connectivity index is 2.54. The number of rotatable bonds is 3. The van der Waals surface area contributed by atoms with E-state index in [1.54, 1.807) is 6.20 Å². The van der Waals surface area contributed by atoms with E-state index >= 15 is 0 Å². The molecule has 0 saturated heterocycles. The molecule has 17 heavy (non-hydrogen) atoms. The van der Waals surface area contributed by atoms with Crippen molar-refractivity contribution in [1.29, 1.82) is 0 Å². The van der Waals surface area contributed by atoms with Crippen molar-refractivity contribution in [2.75, 3.05) is 7.11 Å². The molecule has 0 spiro atoms. The number of aromatic nitrogens is 3. The maximum Gasteiger partial charge on any atom is 0.338 e. The Morgan fingerprint density at radius 1 is 1.53 bits per heavy atom. The van der Waals surface area contributed by atoms with Crippen molar-refractivity contribution in [3.63, 3.8) is 0 Å². The smallest absolute Gasteiger partial charge is 0.338 e. The lowest BCUT2D eigenvalue weighted by atomic mass is 10.2. The maximum atomic E-state index is 11.1. The summed E-state index contributed by atoms with van der Waals surface area (Å²) in [5, 5.41) is 13.1. The van der Waals surface area contributed by atoms with Gasteiger partial charge in [-0.25, -0.2) is 14.5 Å². The van der Waals surface area contributed by atoms with Crippen LogP contribution in [0.3, 0.4) is 0 Å². The summed E-state index contributed by atoms with van der Waals surface area (Å²) in [6.45, 7) is 0. The highest BCUT2D eigenvalue weighted by Crippen LogP contribution is 2.19. The van der Waals surface area contributed by atoms with Gasteiger partial charge >= 0.3 is 5.97 Å². The molecule has 2 heterocycles. The van der Waals surface area contributed by atoms with E-state index in [-0.39, 0.29) is 5.56 Å². The van der Waals surface area contributed by atoms with Gasteiger partial charge in [0.25, 0.3) is 0 Å². The summed E-state index contributed by atoms with van der Waals surface area (Å²) in [6, 6.07) is 1.42. The third-order valence-electron chi connectivity index (χ3n) is 2.12. The summed E-state index contributed by atoms with van der Waals surface area (Å²) in [5.41, 5.74) is 0.488. The molecule has 0 aliphatic heterocycles. The molecule has 0 atom stereocenters. The molecule has 0 saturated carbocycles. The molecule has 0 bridgehead atoms. The number of nitrogens with zero attached hydrogens (tertiary/aromatic N) is 3. The van der Waals surface area contributed by atoms with Gasteiger partial charge in [0.1, 0.15) is 4.60 Å². The predicted octanol–water partition coefficient (Wildman–Crippen LogP) is 1.74. The monoisotopic (exact) mass is 297 g/mol. The summed E-state index contributed by atoms with van der Waals surface area (Å²) in [6.07, 6.45) is 4.50. The highest BCUT2D eigenvalue weighted by atomic mass is 79.9. The number of methoxy groups -OCH3 is 1. The van der Waals surface area contributed by atoms with Crippen LogP contribution in [0.15, 0.2) is 29.3 Å². The number of carboxylic acid groups (broad SMARTS) is 1. The van der Waals surface area contributed by atoms with Gasteiger partial charge in [0.2, 0.25) is 0 Å². The quantitative estimate of drug-likeness (QED) is 0.873. The van der Waals surface area contributed by atoms with E-state index in [9.17, 15) is 4.79 Å². The fraction of sp³-hybridized carbons (Fsp3) is 0.100. The molecule has 0 aliphatic carbocycles. The second-order valence-electron chi connectivity index (χ2n) is 3.15. The molecule has 0 amide bonds. The predicted molar refractivity (Wildman–Crippen MR) is 62.6 cm³/mol. The fourth-order valence-corrected chi connectivity index (χ4v) is 1.65. The maximum absolute atomic E-state index is 11.1. The third-order valence-corrected chi connectivity index (χ3v) is 2.56. The van der Waals surface area contributed by atoms with Gasteiger partial charge in [-0.05, 0) is 22.0 Å². The van der Waals surface area contributed by atoms with Gasteiger partial charge in [0.05, 0.1) is 37.0 Å². The number of hydrogen-bond donors (Lipinski definition) is 1. The van der Waals surface area contributed by atoms with E-state index in [0.717, 1.165) is 0 Å². The van der Waals surface area contributed by atoms with Crippen LogP contribution in [0.2, 0.25) is 0 Å². The van der Waals surface area contributed by atoms with Crippen LogP contribution in [0.5, 0.6) is 5.75 Å². The highest BCUT2D eigenvalue weighted by Gasteiger charge is 2.14. The van der Waals surface area contributed by atoms with Crippen molar-refractivity contribution in [1.82, 2.24) is 14.8 Å². The van der Waals surface area contributed by atoms with Crippen LogP contribution in [0.4, 0.5) is 0 Å². The second kappa shape index (κ2) is 4.54. The molecule has 2 rings (SSSR count). The van der Waals surface area contributed by atoms with Gasteiger partial charge in [0.15, 0.2) is 5.75 Å². The van der Waals surface area contributed by atoms with Gasteiger partial charge in [-0.3, -0.25) is 0 Å². The molecule has 2 aromatic rings. The van der Waals surface area contributed by atoms with Crippen molar-refractivity contribution >= 4 is 21.9 Å². The first-order valence-corrected chi connectivity index (χ1v) is 5.39. The molecule has 88 valence electrons. The third kappa shape index (κ3) is 2.28. The lowest BCUT2D eigenvalue weighted by Gasteiger charge is -2.05. The first-order valence-electron chi connectivity index (χ1n) is 4.59. The molecule has 0 unspecified atom stereocenters. The molecular weight excluding hydrogens is 290 g/mol. The van der Waals surface area contributed by atoms with E-state index in [0.29, 0.717) is 16.0 Å². The fourth-order valence-electron chi connectivity index (χ4n) is 1.32. The van der Waals surface area contributed by atoms with E-state index in [1.165, 1.54) is 30.3 Å². The Bertz CT molecular complexity index is 568. The van der Waals surface area contributed by atoms with E-state index < -0.39 is 5.97 Å². The minimum Gasteiger partial charge on any atom is -0.493 e. The Morgan fingerprint density at radius 2 is 2.29 bits per heavy atom. The lowest BCUT2D eigenvalue weighted by molar-refractivity contribution is 0.0696. The Morgan fingerprint density at radius 3 is 2.88 bits per heavy atom. The standard InChI is InChI=1S/C10H8BrN3O3/c1-17-6-3-13-14(5-6)8-4-12-9(11)2-7(8)10(15)16/h2-5H,1H3,(H,15,16). The Kier molecular flexibility index (Phi) is 3.10. The highest BCUT2D eigenvalue weighted by molar-refractivity contribution is 9.10. The van der Waals surface area contributed by atoms with Crippen LogP contribution in [0, 0.1) is 0 Å². The van der Waals surface area contributed by atoms with Crippen LogP contribution in [0.25, 0.3) is 5.69 Å². The van der Waals surface area contributed by atoms with Gasteiger partial charge in [-0.15, -0.1) is 0 Å². The first kappa shape index (κ1) is 11.6. The molecule has 0 aliphatic rings. The number of carboxylic acids is 1. The van der Waals surface area contributed by atoms with Gasteiger partial charge in [-0.1, -0.05) is 0 Å². The summed E-state index contributed by atoms with van der Waals surface area (Å²) < 4.78 is 6.84. The Labute approximate surface area is 105 Å². The summed E-state index contributed by atoms with van der Waals surface area (Å²) >= 11 is 3.13. The zero-order valence-electron chi connectivity index (χ0n) is 8.79. The molecule has 0 aromatic carbocycles. The summed E-state index contributed by atoms with van der Waals surface area (Å²) in [5.74, 6) is -0.498. The van der Waals surface area contributed by atoms with Crippen molar-refractivity contribution < 1.29 is 14.6 Å². The zero-order valence-corrected chi connectivity index (χ0v) is 10.4. The molecular formula is C10H8BrN3O3. The van der Waals surface area contributed by atoms with Crippen LogP contribution >= 0.6 is 15.9 Å². The summed E-state index contributed by atoms with van der Waals surface area (Å²) in [7, 11) is 1.51. The van der Waals surface area contributed by atoms with Crippen LogP contribution in [-0.2, 0) is 0 Å². The Hall–Kier alpha value is -1.89. The largest absolute Gasteiger partial charge is 0.493 e. The lowest BCUT2D eigenvalue weighted by Crippen LogP contribution is -2.06. The van der Waals surface area contributed by atoms with E-state index in [4.69, 9.17) is 9.84 Å².